The molecule has 0 radical (unpaired) electrons. The van der Waals surface area contributed by atoms with Gasteiger partial charge in [-0.2, -0.15) is 0 Å². The van der Waals surface area contributed by atoms with Crippen molar-refractivity contribution in [1.29, 1.82) is 0 Å². The van der Waals surface area contributed by atoms with E-state index in [9.17, 15) is 0 Å². The summed E-state index contributed by atoms with van der Waals surface area (Å²) in [6, 6.07) is 0. The van der Waals surface area contributed by atoms with Crippen LogP contribution in [0, 0.1) is 0 Å². The van der Waals surface area contributed by atoms with Gasteiger partial charge in [0.2, 0.25) is 0 Å². The van der Waals surface area contributed by atoms with Crippen LogP contribution in [0.4, 0.5) is 0 Å². The van der Waals surface area contributed by atoms with Gasteiger partial charge in [0.1, 0.15) is 0 Å². The maximum atomic E-state index is 5.75. The molecule has 0 aliphatic heterocycles. The minimum absolute atomic E-state index is 0.222. The molecule has 21 N–H and O–H groups in total. The molecule has 0 aromatic rings. The molecule has 0 aliphatic carbocycles. The Balaban J connectivity index is 5.08. The van der Waals surface area contributed by atoms with Crippen molar-refractivity contribution in [2.45, 2.75) is 153 Å². The van der Waals surface area contributed by atoms with E-state index in [1.807, 2.05) is 0 Å². The minimum atomic E-state index is 0.222. The lowest BCUT2D eigenvalue weighted by molar-refractivity contribution is 0.302. The van der Waals surface area contributed by atoms with E-state index in [0.29, 0.717) is 6.54 Å². The van der Waals surface area contributed by atoms with E-state index in [2.05, 4.69) is 47.9 Å². The monoisotopic (exact) mass is 788 g/mol. The Hall–Kier alpha value is -0.600. The fourth-order valence-corrected chi connectivity index (χ4v) is 6.58. The highest BCUT2D eigenvalue weighted by atomic mass is 15.2. The van der Waals surface area contributed by atoms with Crippen LogP contribution in [-0.4, -0.2) is 129 Å². The normalized spacial score (nSPS) is 13.6. The molecular weight excluding hydrogens is 691 g/mol. The van der Waals surface area contributed by atoms with E-state index in [4.69, 9.17) is 34.4 Å². The number of rotatable bonds is 48. The highest BCUT2D eigenvalue weighted by molar-refractivity contribution is 4.77. The standard InChI is InChI=1S/C40H97N15/c41-19-7-1-12-25-48-37(49-26-13-2-8-20-42)35-38(50-27-14-3-9-21-43)52-30-17-6-18-31-53-39(51-28-15-4-10-22-44)36-40(54-29-16-5-11-23-45)55-34-33-47-32-24-46/h37-40,47-55H,1-36,41-46H2. The molecule has 0 fully saturated rings. The van der Waals surface area contributed by atoms with E-state index >= 15 is 0 Å². The van der Waals surface area contributed by atoms with Gasteiger partial charge in [-0.1, -0.05) is 38.5 Å². The third-order valence-corrected chi connectivity index (χ3v) is 9.95. The first-order chi connectivity index (χ1) is 27.1. The first kappa shape index (κ1) is 54.4. The van der Waals surface area contributed by atoms with Crippen LogP contribution >= 0.6 is 0 Å². The molecule has 0 rings (SSSR count). The van der Waals surface area contributed by atoms with E-state index in [0.717, 1.165) is 201 Å². The second-order valence-corrected chi connectivity index (χ2v) is 15.2. The number of hydrogen-bond acceptors (Lipinski definition) is 15. The predicted octanol–water partition coefficient (Wildman–Crippen LogP) is 0.151. The minimum Gasteiger partial charge on any atom is -0.330 e. The summed E-state index contributed by atoms with van der Waals surface area (Å²) in [6.07, 6.45) is 23.4. The van der Waals surface area contributed by atoms with Crippen molar-refractivity contribution < 1.29 is 0 Å². The van der Waals surface area contributed by atoms with Crippen LogP contribution in [0.5, 0.6) is 0 Å². The van der Waals surface area contributed by atoms with Crippen LogP contribution in [0.1, 0.15) is 128 Å². The Morgan fingerprint density at radius 2 is 0.455 bits per heavy atom. The second-order valence-electron chi connectivity index (χ2n) is 15.2. The molecule has 0 heterocycles. The molecular formula is C40H97N15. The molecule has 0 aromatic heterocycles. The van der Waals surface area contributed by atoms with Crippen LogP contribution in [0.2, 0.25) is 0 Å². The lowest BCUT2D eigenvalue weighted by Gasteiger charge is -2.28. The van der Waals surface area contributed by atoms with Gasteiger partial charge < -0.3 is 82.3 Å². The third-order valence-electron chi connectivity index (χ3n) is 9.95. The lowest BCUT2D eigenvalue weighted by atomic mass is 10.1. The first-order valence-electron chi connectivity index (χ1n) is 22.9. The summed E-state index contributed by atoms with van der Waals surface area (Å²) < 4.78 is 0. The summed E-state index contributed by atoms with van der Waals surface area (Å²) in [5, 5.41) is 33.9. The van der Waals surface area contributed by atoms with Crippen molar-refractivity contribution in [2.24, 2.45) is 34.4 Å². The quantitative estimate of drug-likeness (QED) is 0.0289. The fourth-order valence-electron chi connectivity index (χ4n) is 6.58. The van der Waals surface area contributed by atoms with Crippen LogP contribution in [0.25, 0.3) is 0 Å². The van der Waals surface area contributed by atoms with Crippen molar-refractivity contribution in [3.05, 3.63) is 0 Å². The molecule has 0 amide bonds. The van der Waals surface area contributed by atoms with Crippen molar-refractivity contribution in [1.82, 2.24) is 47.9 Å². The Labute approximate surface area is 339 Å². The van der Waals surface area contributed by atoms with Gasteiger partial charge >= 0.3 is 0 Å². The number of hydrogen-bond donors (Lipinski definition) is 15. The molecule has 3 atom stereocenters. The molecule has 0 aliphatic rings. The highest BCUT2D eigenvalue weighted by Crippen LogP contribution is 2.03. The molecule has 0 bridgehead atoms. The zero-order valence-corrected chi connectivity index (χ0v) is 35.7. The zero-order valence-electron chi connectivity index (χ0n) is 35.7. The fraction of sp³-hybridized carbons (Fsp3) is 1.00. The summed E-state index contributed by atoms with van der Waals surface area (Å²) in [5.41, 5.74) is 34.4. The van der Waals surface area contributed by atoms with Gasteiger partial charge in [0.25, 0.3) is 0 Å². The van der Waals surface area contributed by atoms with Crippen molar-refractivity contribution in [3.63, 3.8) is 0 Å². The van der Waals surface area contributed by atoms with E-state index in [-0.39, 0.29) is 24.7 Å². The van der Waals surface area contributed by atoms with E-state index in [1.165, 1.54) is 25.7 Å². The topological polar surface area (TPSA) is 264 Å². The Morgan fingerprint density at radius 1 is 0.218 bits per heavy atom. The molecule has 332 valence electrons. The highest BCUT2D eigenvalue weighted by Gasteiger charge is 2.17. The zero-order chi connectivity index (χ0) is 40.1. The summed E-state index contributed by atoms with van der Waals surface area (Å²) in [6.45, 7) is 14.1. The van der Waals surface area contributed by atoms with Gasteiger partial charge in [0, 0.05) is 39.0 Å². The van der Waals surface area contributed by atoms with Gasteiger partial charge in [-0.25, -0.2) is 0 Å². The molecule has 0 aromatic carbocycles. The average Bonchev–Trinajstić information content (AvgIpc) is 3.19. The van der Waals surface area contributed by atoms with Gasteiger partial charge in [0.15, 0.2) is 0 Å². The van der Waals surface area contributed by atoms with Gasteiger partial charge in [0.05, 0.1) is 24.7 Å². The van der Waals surface area contributed by atoms with Crippen LogP contribution in [0.15, 0.2) is 0 Å². The van der Waals surface area contributed by atoms with Gasteiger partial charge in [-0.05, 0) is 156 Å². The molecule has 55 heavy (non-hydrogen) atoms. The first-order valence-corrected chi connectivity index (χ1v) is 22.9. The molecule has 15 heteroatoms. The van der Waals surface area contributed by atoms with E-state index < -0.39 is 0 Å². The summed E-state index contributed by atoms with van der Waals surface area (Å²) in [4.78, 5) is 0. The molecule has 0 saturated heterocycles. The van der Waals surface area contributed by atoms with Gasteiger partial charge in [-0.3, -0.25) is 0 Å². The second kappa shape index (κ2) is 46.1. The van der Waals surface area contributed by atoms with E-state index in [1.54, 1.807) is 0 Å². The molecule has 0 spiro atoms. The van der Waals surface area contributed by atoms with Crippen molar-refractivity contribution in [2.75, 3.05) is 105 Å². The number of nitrogens with two attached hydrogens (primary N) is 6. The van der Waals surface area contributed by atoms with Crippen molar-refractivity contribution >= 4 is 0 Å². The SMILES string of the molecule is NCCCCCNC(CC(NCCCCCN)NCCCCCNC(CC(NCCCCCN)NCCNCCN)NCCCCCN)NCCCCCN. The third kappa shape index (κ3) is 40.0. The maximum Gasteiger partial charge on any atom is 0.0600 e. The smallest absolute Gasteiger partial charge is 0.0600 e. The Bertz CT molecular complexity index is 627. The van der Waals surface area contributed by atoms with Crippen LogP contribution in [-0.2, 0) is 0 Å². The molecule has 0 saturated carbocycles. The Morgan fingerprint density at radius 3 is 0.691 bits per heavy atom. The lowest BCUT2D eigenvalue weighted by Crippen LogP contribution is -2.53. The maximum absolute atomic E-state index is 5.75. The number of unbranched alkanes of at least 4 members (excludes halogenated alkanes) is 12. The summed E-state index contributed by atoms with van der Waals surface area (Å²) >= 11 is 0. The summed E-state index contributed by atoms with van der Waals surface area (Å²) in [7, 11) is 0. The largest absolute Gasteiger partial charge is 0.330 e. The van der Waals surface area contributed by atoms with Crippen molar-refractivity contribution in [3.8, 4) is 0 Å². The summed E-state index contributed by atoms with van der Waals surface area (Å²) in [5.74, 6) is 0. The molecule has 15 nitrogen and oxygen atoms in total. The predicted molar refractivity (Wildman–Crippen MR) is 239 cm³/mol. The van der Waals surface area contributed by atoms with Crippen LogP contribution < -0.4 is 82.3 Å². The van der Waals surface area contributed by atoms with Crippen LogP contribution in [0.3, 0.4) is 0 Å². The number of nitrogens with one attached hydrogen (secondary N) is 9. The Kier molecular flexibility index (Phi) is 45.6. The average molecular weight is 788 g/mol. The van der Waals surface area contributed by atoms with Gasteiger partial charge in [-0.15, -0.1) is 0 Å². The molecule has 3 unspecified atom stereocenters.